The Morgan fingerprint density at radius 1 is 1.00 bits per heavy atom. The molecule has 5 nitrogen and oxygen atoms in total. The highest BCUT2D eigenvalue weighted by Crippen LogP contribution is 2.32. The van der Waals surface area contributed by atoms with Crippen molar-refractivity contribution in [1.82, 2.24) is 9.80 Å². The number of hydrogen-bond acceptors (Lipinski definition) is 5. The first kappa shape index (κ1) is 16.9. The standard InChI is InChI=1S/C17H29N3O2/c1-4-19-8-10-20(11-9-19)7-5-6-14-12-16(21-2)17(22-3)13-15(14)18/h12-13H,4-11,18H2,1-3H3. The van der Waals surface area contributed by atoms with Crippen molar-refractivity contribution in [2.75, 3.05) is 59.2 Å². The van der Waals surface area contributed by atoms with Gasteiger partial charge in [0.25, 0.3) is 0 Å². The number of nitrogens with zero attached hydrogens (tertiary/aromatic N) is 2. The molecule has 0 aromatic heterocycles. The second kappa shape index (κ2) is 8.25. The predicted octanol–water partition coefficient (Wildman–Crippen LogP) is 1.86. The Labute approximate surface area is 134 Å². The molecule has 1 aliphatic heterocycles. The molecule has 1 heterocycles. The molecule has 5 heteroatoms. The quantitative estimate of drug-likeness (QED) is 0.779. The number of aryl methyl sites for hydroxylation is 1. The minimum absolute atomic E-state index is 0.694. The summed E-state index contributed by atoms with van der Waals surface area (Å²) in [6.07, 6.45) is 2.09. The zero-order valence-corrected chi connectivity index (χ0v) is 14.1. The monoisotopic (exact) mass is 307 g/mol. The molecule has 2 rings (SSSR count). The van der Waals surface area contributed by atoms with Gasteiger partial charge in [-0.15, -0.1) is 0 Å². The lowest BCUT2D eigenvalue weighted by Gasteiger charge is -2.34. The van der Waals surface area contributed by atoms with E-state index in [0.717, 1.165) is 42.9 Å². The molecule has 2 N–H and O–H groups in total. The molecule has 1 fully saturated rings. The SMILES string of the molecule is CCN1CCN(CCCc2cc(OC)c(OC)cc2N)CC1. The molecular weight excluding hydrogens is 278 g/mol. The Hall–Kier alpha value is -1.46. The summed E-state index contributed by atoms with van der Waals surface area (Å²) in [5.74, 6) is 1.45. The van der Waals surface area contributed by atoms with Crippen LogP contribution in [-0.2, 0) is 6.42 Å². The average Bonchev–Trinajstić information content (AvgIpc) is 2.56. The smallest absolute Gasteiger partial charge is 0.162 e. The maximum atomic E-state index is 6.12. The summed E-state index contributed by atoms with van der Waals surface area (Å²) < 4.78 is 10.6. The summed E-state index contributed by atoms with van der Waals surface area (Å²) in [6.45, 7) is 9.26. The molecule has 124 valence electrons. The summed E-state index contributed by atoms with van der Waals surface area (Å²) >= 11 is 0. The van der Waals surface area contributed by atoms with Gasteiger partial charge in [0.1, 0.15) is 0 Å². The molecule has 1 aromatic carbocycles. The number of likely N-dealkylation sites (N-methyl/N-ethyl adjacent to an activating group) is 1. The van der Waals surface area contributed by atoms with Crippen LogP contribution in [0.5, 0.6) is 11.5 Å². The predicted molar refractivity (Wildman–Crippen MR) is 90.8 cm³/mol. The van der Waals surface area contributed by atoms with Crippen molar-refractivity contribution in [1.29, 1.82) is 0 Å². The van der Waals surface area contributed by atoms with E-state index in [2.05, 4.69) is 16.7 Å². The maximum Gasteiger partial charge on any atom is 0.162 e. The second-order valence-corrected chi connectivity index (χ2v) is 5.79. The topological polar surface area (TPSA) is 51.0 Å². The number of benzene rings is 1. The van der Waals surface area contributed by atoms with Crippen LogP contribution >= 0.6 is 0 Å². The lowest BCUT2D eigenvalue weighted by Crippen LogP contribution is -2.46. The normalized spacial score (nSPS) is 16.7. The van der Waals surface area contributed by atoms with Gasteiger partial charge < -0.3 is 25.0 Å². The summed E-state index contributed by atoms with van der Waals surface area (Å²) in [7, 11) is 3.29. The van der Waals surface area contributed by atoms with Gasteiger partial charge >= 0.3 is 0 Å². The fraction of sp³-hybridized carbons (Fsp3) is 0.647. The molecule has 22 heavy (non-hydrogen) atoms. The van der Waals surface area contributed by atoms with Crippen molar-refractivity contribution in [2.45, 2.75) is 19.8 Å². The van der Waals surface area contributed by atoms with E-state index in [1.54, 1.807) is 14.2 Å². The van der Waals surface area contributed by atoms with Crippen LogP contribution in [0.2, 0.25) is 0 Å². The van der Waals surface area contributed by atoms with Gasteiger partial charge in [-0.05, 0) is 37.6 Å². The van der Waals surface area contributed by atoms with Gasteiger partial charge in [0, 0.05) is 37.9 Å². The Morgan fingerprint density at radius 3 is 2.18 bits per heavy atom. The lowest BCUT2D eigenvalue weighted by molar-refractivity contribution is 0.136. The van der Waals surface area contributed by atoms with Gasteiger partial charge in [-0.3, -0.25) is 0 Å². The fourth-order valence-corrected chi connectivity index (χ4v) is 2.98. The van der Waals surface area contributed by atoms with Crippen LogP contribution in [0.3, 0.4) is 0 Å². The summed E-state index contributed by atoms with van der Waals surface area (Å²) in [6, 6.07) is 3.86. The number of piperazine rings is 1. The largest absolute Gasteiger partial charge is 0.493 e. The molecule has 0 spiro atoms. The van der Waals surface area contributed by atoms with Crippen LogP contribution in [0, 0.1) is 0 Å². The number of hydrogen-bond donors (Lipinski definition) is 1. The number of anilines is 1. The number of methoxy groups -OCH3 is 2. The van der Waals surface area contributed by atoms with E-state index in [1.807, 2.05) is 12.1 Å². The third-order valence-corrected chi connectivity index (χ3v) is 4.48. The third kappa shape index (κ3) is 4.27. The van der Waals surface area contributed by atoms with Gasteiger partial charge in [0.15, 0.2) is 11.5 Å². The maximum absolute atomic E-state index is 6.12. The highest BCUT2D eigenvalue weighted by molar-refractivity contribution is 5.58. The van der Waals surface area contributed by atoms with Crippen LogP contribution in [0.1, 0.15) is 18.9 Å². The molecule has 0 radical (unpaired) electrons. The number of nitrogen functional groups attached to an aromatic ring is 1. The number of rotatable bonds is 7. The van der Waals surface area contributed by atoms with E-state index in [0.29, 0.717) is 5.75 Å². The first-order valence-corrected chi connectivity index (χ1v) is 8.13. The molecule has 1 saturated heterocycles. The first-order valence-electron chi connectivity index (χ1n) is 8.13. The van der Waals surface area contributed by atoms with E-state index >= 15 is 0 Å². The van der Waals surface area contributed by atoms with E-state index in [1.165, 1.54) is 26.2 Å². The molecule has 0 atom stereocenters. The first-order chi connectivity index (χ1) is 10.7. The highest BCUT2D eigenvalue weighted by Gasteiger charge is 2.15. The summed E-state index contributed by atoms with van der Waals surface area (Å²) in [5.41, 5.74) is 8.05. The number of nitrogens with two attached hydrogens (primary N) is 1. The molecule has 0 unspecified atom stereocenters. The van der Waals surface area contributed by atoms with Crippen LogP contribution in [-0.4, -0.2) is 63.3 Å². The zero-order chi connectivity index (χ0) is 15.9. The Morgan fingerprint density at radius 2 is 1.59 bits per heavy atom. The van der Waals surface area contributed by atoms with Crippen molar-refractivity contribution in [3.63, 3.8) is 0 Å². The Kier molecular flexibility index (Phi) is 6.34. The van der Waals surface area contributed by atoms with Gasteiger partial charge in [0.05, 0.1) is 14.2 Å². The fourth-order valence-electron chi connectivity index (χ4n) is 2.98. The molecule has 0 saturated carbocycles. The molecule has 1 aliphatic rings. The second-order valence-electron chi connectivity index (χ2n) is 5.79. The van der Waals surface area contributed by atoms with Crippen LogP contribution in [0.15, 0.2) is 12.1 Å². The Balaban J connectivity index is 1.84. The van der Waals surface area contributed by atoms with Crippen molar-refractivity contribution < 1.29 is 9.47 Å². The molecular formula is C17H29N3O2. The van der Waals surface area contributed by atoms with E-state index in [-0.39, 0.29) is 0 Å². The minimum Gasteiger partial charge on any atom is -0.493 e. The molecule has 0 bridgehead atoms. The van der Waals surface area contributed by atoms with Gasteiger partial charge in [-0.2, -0.15) is 0 Å². The third-order valence-electron chi connectivity index (χ3n) is 4.48. The molecule has 0 aliphatic carbocycles. The summed E-state index contributed by atoms with van der Waals surface area (Å²) in [4.78, 5) is 5.05. The van der Waals surface area contributed by atoms with Gasteiger partial charge in [-0.25, -0.2) is 0 Å². The van der Waals surface area contributed by atoms with E-state index in [9.17, 15) is 0 Å². The van der Waals surface area contributed by atoms with Crippen LogP contribution < -0.4 is 15.2 Å². The average molecular weight is 307 g/mol. The highest BCUT2D eigenvalue weighted by atomic mass is 16.5. The minimum atomic E-state index is 0.694. The molecule has 1 aromatic rings. The van der Waals surface area contributed by atoms with Gasteiger partial charge in [-0.1, -0.05) is 6.92 Å². The van der Waals surface area contributed by atoms with Crippen LogP contribution in [0.25, 0.3) is 0 Å². The number of ether oxygens (including phenoxy) is 2. The summed E-state index contributed by atoms with van der Waals surface area (Å²) in [5, 5.41) is 0. The zero-order valence-electron chi connectivity index (χ0n) is 14.1. The molecule has 0 amide bonds. The van der Waals surface area contributed by atoms with Crippen molar-refractivity contribution in [3.05, 3.63) is 17.7 Å². The van der Waals surface area contributed by atoms with Crippen LogP contribution in [0.4, 0.5) is 5.69 Å². The Bertz CT molecular complexity index is 471. The lowest BCUT2D eigenvalue weighted by atomic mass is 10.1. The van der Waals surface area contributed by atoms with Crippen molar-refractivity contribution in [2.24, 2.45) is 0 Å². The van der Waals surface area contributed by atoms with E-state index in [4.69, 9.17) is 15.2 Å². The van der Waals surface area contributed by atoms with Crippen molar-refractivity contribution in [3.8, 4) is 11.5 Å². The van der Waals surface area contributed by atoms with E-state index < -0.39 is 0 Å². The van der Waals surface area contributed by atoms with Gasteiger partial charge in [0.2, 0.25) is 0 Å². The van der Waals surface area contributed by atoms with Crippen molar-refractivity contribution >= 4 is 5.69 Å².